The Morgan fingerprint density at radius 2 is 1.68 bits per heavy atom. The number of amides is 2. The second kappa shape index (κ2) is 6.69. The highest BCUT2D eigenvalue weighted by Crippen LogP contribution is 2.49. The molecule has 0 aromatic heterocycles. The Bertz CT molecular complexity index is 948. The van der Waals surface area contributed by atoms with Crippen LogP contribution in [0.4, 0.5) is 5.69 Å². The lowest BCUT2D eigenvalue weighted by Gasteiger charge is -2.29. The van der Waals surface area contributed by atoms with Crippen LogP contribution in [0.1, 0.15) is 18.0 Å². The number of benzene rings is 2. The molecule has 3 heterocycles. The van der Waals surface area contributed by atoms with Gasteiger partial charge in [0.1, 0.15) is 11.8 Å². The second-order valence-electron chi connectivity index (χ2n) is 7.36. The Balaban J connectivity index is 1.56. The second-order valence-corrected chi connectivity index (χ2v) is 8.28. The first-order chi connectivity index (χ1) is 13.6. The first-order valence-corrected chi connectivity index (χ1v) is 10.2. The van der Waals surface area contributed by atoms with Gasteiger partial charge in [0.2, 0.25) is 5.91 Å². The lowest BCUT2D eigenvalue weighted by molar-refractivity contribution is -0.126. The molecule has 28 heavy (non-hydrogen) atoms. The third-order valence-corrected chi connectivity index (χ3v) is 6.42. The molecule has 2 amide bonds. The van der Waals surface area contributed by atoms with Gasteiger partial charge in [-0.1, -0.05) is 34.1 Å². The molecule has 2 aromatic rings. The number of carbonyl (C=O) groups excluding carboxylic acids is 2. The van der Waals surface area contributed by atoms with E-state index in [-0.39, 0.29) is 17.9 Å². The van der Waals surface area contributed by atoms with Crippen LogP contribution in [-0.4, -0.2) is 48.1 Å². The molecule has 3 fully saturated rings. The fourth-order valence-electron chi connectivity index (χ4n) is 4.78. The van der Waals surface area contributed by atoms with E-state index in [1.165, 1.54) is 4.90 Å². The molecule has 6 nitrogen and oxygen atoms in total. The van der Waals surface area contributed by atoms with Crippen LogP contribution in [0.25, 0.3) is 0 Å². The predicted octanol–water partition coefficient (Wildman–Crippen LogP) is 2.99. The number of hydrogen-bond donors (Lipinski definition) is 0. The number of hydrogen-bond acceptors (Lipinski definition) is 5. The lowest BCUT2D eigenvalue weighted by Crippen LogP contribution is -2.44. The summed E-state index contributed by atoms with van der Waals surface area (Å²) in [6.45, 7) is 1.67. The van der Waals surface area contributed by atoms with Crippen molar-refractivity contribution in [1.29, 1.82) is 0 Å². The molecule has 0 bridgehead atoms. The molecule has 0 spiro atoms. The van der Waals surface area contributed by atoms with E-state index in [0.29, 0.717) is 5.69 Å². The number of halogens is 1. The number of ether oxygens (including phenoxy) is 1. The SMILES string of the molecule is COc1ccc([C@@H]2[C@@H]3C(=O)N(c4cccc(Br)c4)C(=O)[C@H]3N3CCCN23)cc1. The normalized spacial score (nSPS) is 27.4. The highest BCUT2D eigenvalue weighted by atomic mass is 79.9. The van der Waals surface area contributed by atoms with E-state index in [1.54, 1.807) is 7.11 Å². The summed E-state index contributed by atoms with van der Waals surface area (Å²) in [4.78, 5) is 28.2. The quantitative estimate of drug-likeness (QED) is 0.685. The molecule has 0 aliphatic carbocycles. The van der Waals surface area contributed by atoms with E-state index in [2.05, 4.69) is 25.9 Å². The Hall–Kier alpha value is -2.22. The smallest absolute Gasteiger partial charge is 0.253 e. The largest absolute Gasteiger partial charge is 0.497 e. The number of anilines is 1. The molecule has 3 aliphatic heterocycles. The highest BCUT2D eigenvalue weighted by molar-refractivity contribution is 9.10. The Morgan fingerprint density at radius 1 is 0.964 bits per heavy atom. The molecule has 0 saturated carbocycles. The average molecular weight is 442 g/mol. The van der Waals surface area contributed by atoms with Crippen LogP contribution in [0.2, 0.25) is 0 Å². The van der Waals surface area contributed by atoms with Crippen LogP contribution in [0.3, 0.4) is 0 Å². The maximum atomic E-state index is 13.5. The number of imide groups is 1. The summed E-state index contributed by atoms with van der Waals surface area (Å²) >= 11 is 3.44. The zero-order valence-corrected chi connectivity index (χ0v) is 17.0. The van der Waals surface area contributed by atoms with Gasteiger partial charge in [-0.15, -0.1) is 0 Å². The minimum atomic E-state index is -0.430. The third-order valence-electron chi connectivity index (χ3n) is 5.93. The van der Waals surface area contributed by atoms with Crippen LogP contribution in [0, 0.1) is 5.92 Å². The van der Waals surface area contributed by atoms with Gasteiger partial charge in [-0.3, -0.25) is 9.59 Å². The lowest BCUT2D eigenvalue weighted by atomic mass is 9.90. The van der Waals surface area contributed by atoms with Crippen molar-refractivity contribution in [3.63, 3.8) is 0 Å². The van der Waals surface area contributed by atoms with Gasteiger partial charge < -0.3 is 4.74 Å². The van der Waals surface area contributed by atoms with Crippen LogP contribution in [-0.2, 0) is 9.59 Å². The van der Waals surface area contributed by atoms with Gasteiger partial charge >= 0.3 is 0 Å². The minimum absolute atomic E-state index is 0.122. The monoisotopic (exact) mass is 441 g/mol. The standard InChI is InChI=1S/C21H20BrN3O3/c1-28-16-8-6-13(7-9-16)18-17-19(24-11-3-10-23(18)24)21(27)25(20(17)26)15-5-2-4-14(22)12-15/h2,4-9,12,17-19H,3,10-11H2,1H3/t17-,18+,19-/m0/s1. The van der Waals surface area contributed by atoms with Crippen LogP contribution in [0.5, 0.6) is 5.75 Å². The predicted molar refractivity (Wildman–Crippen MR) is 108 cm³/mol. The summed E-state index contributed by atoms with van der Waals surface area (Å²) in [6, 6.07) is 14.6. The number of methoxy groups -OCH3 is 1. The van der Waals surface area contributed by atoms with Crippen molar-refractivity contribution in [2.75, 3.05) is 25.1 Å². The molecule has 144 valence electrons. The van der Waals surface area contributed by atoms with E-state index < -0.39 is 12.0 Å². The summed E-state index contributed by atoms with van der Waals surface area (Å²) in [5.74, 6) is 0.126. The van der Waals surface area contributed by atoms with Crippen LogP contribution >= 0.6 is 15.9 Å². The number of rotatable bonds is 3. The number of nitrogens with zero attached hydrogens (tertiary/aromatic N) is 3. The fraction of sp³-hybridized carbons (Fsp3) is 0.333. The van der Waals surface area contributed by atoms with Crippen molar-refractivity contribution in [3.8, 4) is 5.75 Å². The van der Waals surface area contributed by atoms with Crippen molar-refractivity contribution in [1.82, 2.24) is 10.0 Å². The van der Waals surface area contributed by atoms with Crippen molar-refractivity contribution < 1.29 is 14.3 Å². The van der Waals surface area contributed by atoms with Crippen molar-refractivity contribution in [2.24, 2.45) is 5.92 Å². The molecular formula is C21H20BrN3O3. The zero-order valence-electron chi connectivity index (χ0n) is 15.4. The van der Waals surface area contributed by atoms with Crippen molar-refractivity contribution in [3.05, 3.63) is 58.6 Å². The molecule has 7 heteroatoms. The van der Waals surface area contributed by atoms with Crippen LogP contribution in [0.15, 0.2) is 53.0 Å². The summed E-state index contributed by atoms with van der Waals surface area (Å²) in [6.07, 6.45) is 0.994. The van der Waals surface area contributed by atoms with E-state index >= 15 is 0 Å². The Kier molecular flexibility index (Phi) is 4.26. The van der Waals surface area contributed by atoms with E-state index in [4.69, 9.17) is 4.74 Å². The first kappa shape index (κ1) is 17.8. The molecule has 0 radical (unpaired) electrons. The summed E-state index contributed by atoms with van der Waals surface area (Å²) < 4.78 is 6.12. The molecule has 3 atom stereocenters. The fourth-order valence-corrected chi connectivity index (χ4v) is 5.17. The summed E-state index contributed by atoms with van der Waals surface area (Å²) in [5, 5.41) is 4.32. The number of fused-ring (bicyclic) bond motifs is 3. The van der Waals surface area contributed by atoms with E-state index in [0.717, 1.165) is 35.3 Å². The molecular weight excluding hydrogens is 422 g/mol. The third kappa shape index (κ3) is 2.53. The molecule has 3 saturated heterocycles. The molecule has 2 aromatic carbocycles. The zero-order chi connectivity index (χ0) is 19.4. The molecule has 5 rings (SSSR count). The highest BCUT2D eigenvalue weighted by Gasteiger charge is 2.62. The molecule has 0 N–H and O–H groups in total. The van der Waals surface area contributed by atoms with Gasteiger partial charge in [0.05, 0.1) is 24.8 Å². The summed E-state index contributed by atoms with van der Waals surface area (Å²) in [7, 11) is 1.64. The van der Waals surface area contributed by atoms with Gasteiger partial charge in [-0.2, -0.15) is 0 Å². The van der Waals surface area contributed by atoms with Gasteiger partial charge in [-0.25, -0.2) is 14.9 Å². The Labute approximate surface area is 171 Å². The van der Waals surface area contributed by atoms with Gasteiger partial charge in [0, 0.05) is 17.6 Å². The van der Waals surface area contributed by atoms with Crippen molar-refractivity contribution in [2.45, 2.75) is 18.5 Å². The van der Waals surface area contributed by atoms with E-state index in [1.807, 2.05) is 48.5 Å². The Morgan fingerprint density at radius 3 is 2.36 bits per heavy atom. The van der Waals surface area contributed by atoms with Gasteiger partial charge in [-0.05, 0) is 42.3 Å². The van der Waals surface area contributed by atoms with Crippen LogP contribution < -0.4 is 9.64 Å². The maximum Gasteiger partial charge on any atom is 0.253 e. The topological polar surface area (TPSA) is 53.1 Å². The first-order valence-electron chi connectivity index (χ1n) is 9.40. The van der Waals surface area contributed by atoms with Gasteiger partial charge in [0.25, 0.3) is 5.91 Å². The van der Waals surface area contributed by atoms with Gasteiger partial charge in [0.15, 0.2) is 0 Å². The molecule has 0 unspecified atom stereocenters. The molecule has 3 aliphatic rings. The van der Waals surface area contributed by atoms with E-state index in [9.17, 15) is 9.59 Å². The number of carbonyl (C=O) groups is 2. The maximum absolute atomic E-state index is 13.5. The minimum Gasteiger partial charge on any atom is -0.497 e. The summed E-state index contributed by atoms with van der Waals surface area (Å²) in [5.41, 5.74) is 1.66. The average Bonchev–Trinajstić information content (AvgIpc) is 3.34. The van der Waals surface area contributed by atoms with Crippen molar-refractivity contribution >= 4 is 33.4 Å². The number of hydrazine groups is 1.